The molecule has 0 unspecified atom stereocenters. The Morgan fingerprint density at radius 3 is 2.81 bits per heavy atom. The smallest absolute Gasteiger partial charge is 0.263 e. The predicted molar refractivity (Wildman–Crippen MR) is 62.3 cm³/mol. The standard InChI is InChI=1S/C11H11N3OS/c1-8-10(16-7-14-8)11(15)13-6-9-2-4-12-5-3-9/h2-5,7H,6H2,1H3,(H,13,15). The number of rotatable bonds is 3. The number of nitrogens with zero attached hydrogens (tertiary/aromatic N) is 2. The molecule has 0 radical (unpaired) electrons. The van der Waals surface area contributed by atoms with Crippen LogP contribution in [0.15, 0.2) is 30.0 Å². The number of hydrogen-bond acceptors (Lipinski definition) is 4. The molecule has 0 atom stereocenters. The maximum Gasteiger partial charge on any atom is 0.263 e. The molecule has 2 aromatic rings. The van der Waals surface area contributed by atoms with Gasteiger partial charge in [-0.3, -0.25) is 9.78 Å². The van der Waals surface area contributed by atoms with Crippen molar-refractivity contribution in [3.8, 4) is 0 Å². The zero-order valence-corrected chi connectivity index (χ0v) is 9.62. The van der Waals surface area contributed by atoms with Crippen molar-refractivity contribution in [1.29, 1.82) is 0 Å². The van der Waals surface area contributed by atoms with Gasteiger partial charge < -0.3 is 5.32 Å². The molecule has 2 rings (SSSR count). The van der Waals surface area contributed by atoms with Gasteiger partial charge in [-0.05, 0) is 24.6 Å². The average molecular weight is 233 g/mol. The number of carbonyl (C=O) groups excluding carboxylic acids is 1. The van der Waals surface area contributed by atoms with E-state index in [1.165, 1.54) is 11.3 Å². The lowest BCUT2D eigenvalue weighted by atomic mass is 10.2. The van der Waals surface area contributed by atoms with Gasteiger partial charge in [0.2, 0.25) is 0 Å². The lowest BCUT2D eigenvalue weighted by Gasteiger charge is -2.03. The van der Waals surface area contributed by atoms with E-state index in [1.807, 2.05) is 19.1 Å². The van der Waals surface area contributed by atoms with E-state index >= 15 is 0 Å². The minimum absolute atomic E-state index is 0.0724. The summed E-state index contributed by atoms with van der Waals surface area (Å²) in [4.78, 5) is 20.4. The Bertz CT molecular complexity index is 481. The van der Waals surface area contributed by atoms with E-state index < -0.39 is 0 Å². The van der Waals surface area contributed by atoms with Crippen molar-refractivity contribution < 1.29 is 4.79 Å². The van der Waals surface area contributed by atoms with Gasteiger partial charge in [-0.1, -0.05) is 0 Å². The summed E-state index contributed by atoms with van der Waals surface area (Å²) in [5.41, 5.74) is 3.49. The first-order chi connectivity index (χ1) is 7.77. The van der Waals surface area contributed by atoms with Crippen molar-refractivity contribution >= 4 is 17.2 Å². The second-order valence-electron chi connectivity index (χ2n) is 3.31. The van der Waals surface area contributed by atoms with E-state index in [0.29, 0.717) is 11.4 Å². The fraction of sp³-hybridized carbons (Fsp3) is 0.182. The molecule has 2 aromatic heterocycles. The zero-order chi connectivity index (χ0) is 11.4. The molecule has 0 spiro atoms. The van der Waals surface area contributed by atoms with Crippen molar-refractivity contribution in [2.75, 3.05) is 0 Å². The minimum atomic E-state index is -0.0724. The molecular weight excluding hydrogens is 222 g/mol. The van der Waals surface area contributed by atoms with Crippen LogP contribution in [0.3, 0.4) is 0 Å². The number of aromatic nitrogens is 2. The van der Waals surface area contributed by atoms with Crippen molar-refractivity contribution in [3.05, 3.63) is 46.2 Å². The lowest BCUT2D eigenvalue weighted by molar-refractivity contribution is 0.0954. The summed E-state index contributed by atoms with van der Waals surface area (Å²) in [6, 6.07) is 3.75. The number of thiazole rings is 1. The molecule has 1 N–H and O–H groups in total. The van der Waals surface area contributed by atoms with Gasteiger partial charge in [0.1, 0.15) is 4.88 Å². The van der Waals surface area contributed by atoms with Gasteiger partial charge in [0.25, 0.3) is 5.91 Å². The Kier molecular flexibility index (Phi) is 3.26. The van der Waals surface area contributed by atoms with Gasteiger partial charge in [-0.2, -0.15) is 0 Å². The molecule has 0 saturated heterocycles. The third kappa shape index (κ3) is 2.43. The highest BCUT2D eigenvalue weighted by molar-refractivity contribution is 7.11. The molecule has 0 aromatic carbocycles. The molecule has 4 nitrogen and oxygen atoms in total. The highest BCUT2D eigenvalue weighted by Gasteiger charge is 2.10. The molecule has 16 heavy (non-hydrogen) atoms. The van der Waals surface area contributed by atoms with Crippen molar-refractivity contribution in [2.24, 2.45) is 0 Å². The molecular formula is C11H11N3OS. The third-order valence-corrected chi connectivity index (χ3v) is 3.08. The molecule has 0 fully saturated rings. The summed E-state index contributed by atoms with van der Waals surface area (Å²) in [5, 5.41) is 2.85. The van der Waals surface area contributed by atoms with Crippen LogP contribution in [0.1, 0.15) is 20.9 Å². The van der Waals surface area contributed by atoms with Crippen LogP contribution in [0.5, 0.6) is 0 Å². The molecule has 2 heterocycles. The summed E-state index contributed by atoms with van der Waals surface area (Å²) in [6.07, 6.45) is 3.42. The first kappa shape index (κ1) is 10.8. The number of hydrogen-bond donors (Lipinski definition) is 1. The van der Waals surface area contributed by atoms with Crippen LogP contribution in [-0.2, 0) is 6.54 Å². The average Bonchev–Trinajstić information content (AvgIpc) is 2.74. The Labute approximate surface area is 97.4 Å². The second kappa shape index (κ2) is 4.85. The van der Waals surface area contributed by atoms with Crippen molar-refractivity contribution in [1.82, 2.24) is 15.3 Å². The fourth-order valence-electron chi connectivity index (χ4n) is 1.28. The summed E-state index contributed by atoms with van der Waals surface area (Å²) < 4.78 is 0. The van der Waals surface area contributed by atoms with E-state index in [0.717, 1.165) is 11.3 Å². The van der Waals surface area contributed by atoms with Gasteiger partial charge in [0.05, 0.1) is 11.2 Å². The maximum atomic E-state index is 11.7. The first-order valence-electron chi connectivity index (χ1n) is 4.84. The lowest BCUT2D eigenvalue weighted by Crippen LogP contribution is -2.22. The van der Waals surface area contributed by atoms with Crippen LogP contribution >= 0.6 is 11.3 Å². The highest BCUT2D eigenvalue weighted by atomic mass is 32.1. The monoisotopic (exact) mass is 233 g/mol. The molecule has 0 aliphatic carbocycles. The van der Waals surface area contributed by atoms with Crippen molar-refractivity contribution in [3.63, 3.8) is 0 Å². The van der Waals surface area contributed by atoms with Crippen LogP contribution < -0.4 is 5.32 Å². The van der Waals surface area contributed by atoms with Gasteiger partial charge >= 0.3 is 0 Å². The summed E-state index contributed by atoms with van der Waals surface area (Å²) >= 11 is 1.36. The van der Waals surface area contributed by atoms with Crippen molar-refractivity contribution in [2.45, 2.75) is 13.5 Å². The molecule has 0 saturated carbocycles. The quantitative estimate of drug-likeness (QED) is 0.879. The topological polar surface area (TPSA) is 54.9 Å². The van der Waals surface area contributed by atoms with Gasteiger partial charge in [-0.25, -0.2) is 4.98 Å². The number of amides is 1. The first-order valence-corrected chi connectivity index (χ1v) is 5.72. The van der Waals surface area contributed by atoms with Crippen LogP contribution in [0.2, 0.25) is 0 Å². The largest absolute Gasteiger partial charge is 0.347 e. The molecule has 0 aliphatic rings. The number of aryl methyl sites for hydroxylation is 1. The van der Waals surface area contributed by atoms with E-state index in [9.17, 15) is 4.79 Å². The Balaban J connectivity index is 1.97. The third-order valence-electron chi connectivity index (χ3n) is 2.15. The van der Waals surface area contributed by atoms with E-state index in [-0.39, 0.29) is 5.91 Å². The summed E-state index contributed by atoms with van der Waals surface area (Å²) in [5.74, 6) is -0.0724. The molecule has 0 aliphatic heterocycles. The predicted octanol–water partition coefficient (Wildman–Crippen LogP) is 1.78. The molecule has 0 bridgehead atoms. The van der Waals surface area contributed by atoms with Crippen LogP contribution in [0.25, 0.3) is 0 Å². The fourth-order valence-corrected chi connectivity index (χ4v) is 2.00. The molecule has 82 valence electrons. The summed E-state index contributed by atoms with van der Waals surface area (Å²) in [6.45, 7) is 2.34. The van der Waals surface area contributed by atoms with E-state index in [2.05, 4.69) is 15.3 Å². The van der Waals surface area contributed by atoms with Crippen LogP contribution in [-0.4, -0.2) is 15.9 Å². The van der Waals surface area contributed by atoms with Gasteiger partial charge in [0, 0.05) is 18.9 Å². The maximum absolute atomic E-state index is 11.7. The van der Waals surface area contributed by atoms with E-state index in [4.69, 9.17) is 0 Å². The number of pyridine rings is 1. The summed E-state index contributed by atoms with van der Waals surface area (Å²) in [7, 11) is 0. The number of nitrogens with one attached hydrogen (secondary N) is 1. The number of carbonyl (C=O) groups is 1. The highest BCUT2D eigenvalue weighted by Crippen LogP contribution is 2.11. The Morgan fingerprint density at radius 1 is 1.44 bits per heavy atom. The van der Waals surface area contributed by atoms with Gasteiger partial charge in [-0.15, -0.1) is 11.3 Å². The Hall–Kier alpha value is -1.75. The van der Waals surface area contributed by atoms with Crippen LogP contribution in [0, 0.1) is 6.92 Å². The minimum Gasteiger partial charge on any atom is -0.347 e. The molecule has 5 heteroatoms. The SMILES string of the molecule is Cc1ncsc1C(=O)NCc1ccncc1. The Morgan fingerprint density at radius 2 is 2.19 bits per heavy atom. The van der Waals surface area contributed by atoms with E-state index in [1.54, 1.807) is 17.9 Å². The van der Waals surface area contributed by atoms with Gasteiger partial charge in [0.15, 0.2) is 0 Å². The zero-order valence-electron chi connectivity index (χ0n) is 8.80. The molecule has 1 amide bonds. The second-order valence-corrected chi connectivity index (χ2v) is 4.16. The van der Waals surface area contributed by atoms with Crippen LogP contribution in [0.4, 0.5) is 0 Å². The normalized spacial score (nSPS) is 10.1.